The normalized spacial score (nSPS) is 12.0. The number of nitrogens with one attached hydrogen (secondary N) is 1. The molecule has 1 unspecified atom stereocenters. The van der Waals surface area contributed by atoms with E-state index in [0.717, 1.165) is 40.4 Å². The van der Waals surface area contributed by atoms with Gasteiger partial charge in [0.25, 0.3) is 5.91 Å². The maximum atomic E-state index is 13.0. The average Bonchev–Trinajstić information content (AvgIpc) is 3.10. The first-order valence-corrected chi connectivity index (χ1v) is 11.1. The highest BCUT2D eigenvalue weighted by Gasteiger charge is 2.20. The third kappa shape index (κ3) is 5.19. The molecule has 7 heteroatoms. The van der Waals surface area contributed by atoms with E-state index < -0.39 is 0 Å². The number of carbonyl (C=O) groups is 1. The molecule has 29 heavy (non-hydrogen) atoms. The molecule has 2 aromatic heterocycles. The van der Waals surface area contributed by atoms with Crippen LogP contribution in [0.15, 0.2) is 53.8 Å². The Morgan fingerprint density at radius 3 is 2.66 bits per heavy atom. The van der Waals surface area contributed by atoms with E-state index in [2.05, 4.69) is 35.3 Å². The molecule has 0 bridgehead atoms. The maximum Gasteiger partial charge on any atom is 0.255 e. The van der Waals surface area contributed by atoms with Crippen LogP contribution in [0.1, 0.15) is 54.3 Å². The van der Waals surface area contributed by atoms with Crippen LogP contribution in [-0.2, 0) is 0 Å². The Morgan fingerprint density at radius 2 is 1.97 bits per heavy atom. The third-order valence-corrected chi connectivity index (χ3v) is 5.75. The molecule has 0 fully saturated rings. The van der Waals surface area contributed by atoms with Crippen molar-refractivity contribution in [3.63, 3.8) is 0 Å². The minimum Gasteiger partial charge on any atom is -0.345 e. The molecule has 2 heterocycles. The molecule has 1 atom stereocenters. The van der Waals surface area contributed by atoms with Crippen molar-refractivity contribution >= 4 is 29.3 Å². The van der Waals surface area contributed by atoms with Gasteiger partial charge in [0.1, 0.15) is 0 Å². The fourth-order valence-corrected chi connectivity index (χ4v) is 4.01. The van der Waals surface area contributed by atoms with E-state index in [9.17, 15) is 4.79 Å². The van der Waals surface area contributed by atoms with Gasteiger partial charge in [-0.25, -0.2) is 4.68 Å². The lowest BCUT2D eigenvalue weighted by molar-refractivity contribution is 0.0933. The number of thioether (sulfide) groups is 1. The Morgan fingerprint density at radius 1 is 1.21 bits per heavy atom. The average molecular weight is 429 g/mol. The monoisotopic (exact) mass is 428 g/mol. The predicted octanol–water partition coefficient (Wildman–Crippen LogP) is 5.61. The zero-order chi connectivity index (χ0) is 20.8. The molecular formula is C22H25ClN4OS. The number of nitrogens with zero attached hydrogens (tertiary/aromatic N) is 3. The van der Waals surface area contributed by atoms with Crippen LogP contribution in [0, 0.1) is 6.92 Å². The fourth-order valence-electron chi connectivity index (χ4n) is 3.19. The molecule has 0 aliphatic heterocycles. The summed E-state index contributed by atoms with van der Waals surface area (Å²) in [4.78, 5) is 18.5. The van der Waals surface area contributed by atoms with E-state index in [1.54, 1.807) is 22.6 Å². The van der Waals surface area contributed by atoms with Gasteiger partial charge in [-0.3, -0.25) is 9.78 Å². The Kier molecular flexibility index (Phi) is 7.34. The zero-order valence-electron chi connectivity index (χ0n) is 16.9. The largest absolute Gasteiger partial charge is 0.345 e. The van der Waals surface area contributed by atoms with Crippen molar-refractivity contribution in [3.05, 3.63) is 70.8 Å². The van der Waals surface area contributed by atoms with Crippen LogP contribution < -0.4 is 5.32 Å². The van der Waals surface area contributed by atoms with E-state index in [4.69, 9.17) is 11.6 Å². The van der Waals surface area contributed by atoms with Gasteiger partial charge < -0.3 is 5.32 Å². The second-order valence-electron chi connectivity index (χ2n) is 6.73. The van der Waals surface area contributed by atoms with E-state index in [0.29, 0.717) is 10.6 Å². The first kappa shape index (κ1) is 21.4. The minimum absolute atomic E-state index is 0.0873. The van der Waals surface area contributed by atoms with Crippen molar-refractivity contribution in [2.24, 2.45) is 0 Å². The molecule has 0 spiro atoms. The summed E-state index contributed by atoms with van der Waals surface area (Å²) in [5.74, 6) is 0.855. The van der Waals surface area contributed by atoms with Crippen molar-refractivity contribution in [3.8, 4) is 5.69 Å². The Labute approximate surface area is 180 Å². The first-order chi connectivity index (χ1) is 14.0. The predicted molar refractivity (Wildman–Crippen MR) is 119 cm³/mol. The molecule has 152 valence electrons. The van der Waals surface area contributed by atoms with Crippen LogP contribution in [0.4, 0.5) is 0 Å². The number of aromatic nitrogens is 3. The highest BCUT2D eigenvalue weighted by Crippen LogP contribution is 2.24. The minimum atomic E-state index is -0.130. The van der Waals surface area contributed by atoms with E-state index in [1.165, 1.54) is 0 Å². The third-order valence-electron chi connectivity index (χ3n) is 4.66. The Balaban J connectivity index is 1.82. The smallest absolute Gasteiger partial charge is 0.255 e. The number of hydrogen-bond acceptors (Lipinski definition) is 4. The molecule has 1 N–H and O–H groups in total. The first-order valence-electron chi connectivity index (χ1n) is 9.72. The van der Waals surface area contributed by atoms with E-state index in [1.807, 2.05) is 43.6 Å². The topological polar surface area (TPSA) is 59.8 Å². The summed E-state index contributed by atoms with van der Waals surface area (Å²) in [6, 6.07) is 9.41. The van der Waals surface area contributed by atoms with Crippen LogP contribution in [0.25, 0.3) is 5.69 Å². The molecule has 0 aliphatic carbocycles. The van der Waals surface area contributed by atoms with Crippen molar-refractivity contribution in [2.75, 3.05) is 5.75 Å². The maximum absolute atomic E-state index is 13.0. The zero-order valence-corrected chi connectivity index (χ0v) is 18.4. The summed E-state index contributed by atoms with van der Waals surface area (Å²) in [7, 11) is 0. The standard InChI is InChI=1S/C22H25ClN4OS/c1-4-6-21(16-11-19(29-5-2)13-24-12-16)26-22(28)20-14-25-27(15(20)3)18-9-7-17(23)8-10-18/h7-14,21H,4-6H2,1-3H3,(H,26,28). The highest BCUT2D eigenvalue weighted by atomic mass is 35.5. The summed E-state index contributed by atoms with van der Waals surface area (Å²) >= 11 is 7.72. The fraction of sp³-hybridized carbons (Fsp3) is 0.318. The molecule has 0 saturated carbocycles. The van der Waals surface area contributed by atoms with Gasteiger partial charge >= 0.3 is 0 Å². The molecule has 1 aromatic carbocycles. The van der Waals surface area contributed by atoms with Crippen LogP contribution in [0.3, 0.4) is 0 Å². The Hall–Kier alpha value is -2.31. The number of benzene rings is 1. The van der Waals surface area contributed by atoms with Crippen molar-refractivity contribution in [1.29, 1.82) is 0 Å². The van der Waals surface area contributed by atoms with Gasteiger partial charge in [0.15, 0.2) is 0 Å². The highest BCUT2D eigenvalue weighted by molar-refractivity contribution is 7.99. The molecule has 0 saturated heterocycles. The molecular weight excluding hydrogens is 404 g/mol. The second-order valence-corrected chi connectivity index (χ2v) is 8.51. The van der Waals surface area contributed by atoms with Crippen LogP contribution >= 0.6 is 23.4 Å². The number of carbonyl (C=O) groups excluding carboxylic acids is 1. The van der Waals surface area contributed by atoms with Crippen molar-refractivity contribution in [2.45, 2.75) is 44.6 Å². The van der Waals surface area contributed by atoms with Crippen LogP contribution in [0.5, 0.6) is 0 Å². The number of rotatable bonds is 8. The number of hydrogen-bond donors (Lipinski definition) is 1. The van der Waals surface area contributed by atoms with Gasteiger partial charge in [-0.2, -0.15) is 5.10 Å². The SMILES string of the molecule is CCCC(NC(=O)c1cnn(-c2ccc(Cl)cc2)c1C)c1cncc(SCC)c1. The van der Waals surface area contributed by atoms with Gasteiger partial charge in [-0.05, 0) is 55.0 Å². The van der Waals surface area contributed by atoms with E-state index in [-0.39, 0.29) is 11.9 Å². The van der Waals surface area contributed by atoms with Crippen molar-refractivity contribution in [1.82, 2.24) is 20.1 Å². The summed E-state index contributed by atoms with van der Waals surface area (Å²) in [5, 5.41) is 8.23. The van der Waals surface area contributed by atoms with Crippen LogP contribution in [0.2, 0.25) is 5.02 Å². The summed E-state index contributed by atoms with van der Waals surface area (Å²) < 4.78 is 1.75. The van der Waals surface area contributed by atoms with Gasteiger partial charge in [0.05, 0.1) is 29.2 Å². The van der Waals surface area contributed by atoms with Gasteiger partial charge in [0, 0.05) is 22.3 Å². The van der Waals surface area contributed by atoms with Gasteiger partial charge in [0.2, 0.25) is 0 Å². The molecule has 3 rings (SSSR count). The number of halogens is 1. The molecule has 0 aliphatic rings. The Bertz CT molecular complexity index is 971. The lowest BCUT2D eigenvalue weighted by Crippen LogP contribution is -2.29. The number of pyridine rings is 1. The van der Waals surface area contributed by atoms with Gasteiger partial charge in [-0.15, -0.1) is 11.8 Å². The summed E-state index contributed by atoms with van der Waals surface area (Å²) in [5.41, 5.74) is 3.24. The van der Waals surface area contributed by atoms with Gasteiger partial charge in [-0.1, -0.05) is 31.9 Å². The molecule has 5 nitrogen and oxygen atoms in total. The summed E-state index contributed by atoms with van der Waals surface area (Å²) in [6.07, 6.45) is 7.12. The molecule has 0 radical (unpaired) electrons. The molecule has 3 aromatic rings. The van der Waals surface area contributed by atoms with Crippen LogP contribution in [-0.4, -0.2) is 26.4 Å². The summed E-state index contributed by atoms with van der Waals surface area (Å²) in [6.45, 7) is 6.12. The molecule has 1 amide bonds. The number of amides is 1. The second kappa shape index (κ2) is 9.94. The van der Waals surface area contributed by atoms with E-state index >= 15 is 0 Å². The lowest BCUT2D eigenvalue weighted by atomic mass is 10.0. The van der Waals surface area contributed by atoms with Crippen molar-refractivity contribution < 1.29 is 4.79 Å². The lowest BCUT2D eigenvalue weighted by Gasteiger charge is -2.19. The quantitative estimate of drug-likeness (QED) is 0.473.